The fourth-order valence-electron chi connectivity index (χ4n) is 2.85. The summed E-state index contributed by atoms with van der Waals surface area (Å²) in [5.41, 5.74) is 7.12. The van der Waals surface area contributed by atoms with Gasteiger partial charge in [0, 0.05) is 5.56 Å². The van der Waals surface area contributed by atoms with Crippen molar-refractivity contribution in [3.05, 3.63) is 11.8 Å². The minimum absolute atomic E-state index is 0.512. The highest BCUT2D eigenvalue weighted by Gasteiger charge is 2.26. The van der Waals surface area contributed by atoms with Crippen molar-refractivity contribution in [1.82, 2.24) is 9.78 Å². The summed E-state index contributed by atoms with van der Waals surface area (Å²) in [6, 6.07) is 0.512. The topological polar surface area (TPSA) is 43.8 Å². The van der Waals surface area contributed by atoms with Crippen LogP contribution in [0, 0.1) is 18.8 Å². The molecule has 1 aliphatic carbocycles. The average Bonchev–Trinajstić information content (AvgIpc) is 2.46. The zero-order valence-corrected chi connectivity index (χ0v) is 9.90. The van der Waals surface area contributed by atoms with Crippen molar-refractivity contribution in [2.75, 3.05) is 5.73 Å². The van der Waals surface area contributed by atoms with E-state index in [1.165, 1.54) is 19.3 Å². The van der Waals surface area contributed by atoms with E-state index in [0.29, 0.717) is 6.04 Å². The van der Waals surface area contributed by atoms with Crippen molar-refractivity contribution < 1.29 is 0 Å². The molecule has 0 bridgehead atoms. The van der Waals surface area contributed by atoms with Gasteiger partial charge in [0.25, 0.3) is 0 Å². The molecular weight excluding hydrogens is 186 g/mol. The van der Waals surface area contributed by atoms with Gasteiger partial charge in [0.2, 0.25) is 0 Å². The van der Waals surface area contributed by atoms with Crippen LogP contribution in [-0.4, -0.2) is 9.78 Å². The van der Waals surface area contributed by atoms with E-state index in [1.54, 1.807) is 0 Å². The second-order valence-corrected chi connectivity index (χ2v) is 5.23. The molecule has 1 aliphatic rings. The van der Waals surface area contributed by atoms with Crippen LogP contribution in [0.2, 0.25) is 0 Å². The maximum Gasteiger partial charge on any atom is 0.124 e. The predicted octanol–water partition coefficient (Wildman–Crippen LogP) is 2.77. The summed E-state index contributed by atoms with van der Waals surface area (Å²) in [6.07, 6.45) is 5.65. The molecule has 3 nitrogen and oxygen atoms in total. The first-order valence-corrected chi connectivity index (χ1v) is 5.87. The largest absolute Gasteiger partial charge is 0.384 e. The Morgan fingerprint density at radius 1 is 1.27 bits per heavy atom. The number of anilines is 1. The monoisotopic (exact) mass is 207 g/mol. The van der Waals surface area contributed by atoms with E-state index in [1.807, 2.05) is 17.8 Å². The predicted molar refractivity (Wildman–Crippen MR) is 62.6 cm³/mol. The number of nitrogens with zero attached hydrogens (tertiary/aromatic N) is 2. The zero-order chi connectivity index (χ0) is 11.0. The molecule has 1 aromatic rings. The molecule has 0 spiro atoms. The first-order valence-electron chi connectivity index (χ1n) is 5.87. The SMILES string of the molecule is Cc1cnn(C2CC(C)CC(C)C2)c1N. The van der Waals surface area contributed by atoms with E-state index in [9.17, 15) is 0 Å². The highest BCUT2D eigenvalue weighted by molar-refractivity contribution is 5.37. The average molecular weight is 207 g/mol. The van der Waals surface area contributed by atoms with Gasteiger partial charge in [0.05, 0.1) is 12.2 Å². The number of nitrogens with two attached hydrogens (primary N) is 1. The fourth-order valence-corrected chi connectivity index (χ4v) is 2.85. The van der Waals surface area contributed by atoms with E-state index >= 15 is 0 Å². The van der Waals surface area contributed by atoms with E-state index in [2.05, 4.69) is 18.9 Å². The molecule has 0 radical (unpaired) electrons. The maximum atomic E-state index is 6.02. The van der Waals surface area contributed by atoms with Gasteiger partial charge in [-0.25, -0.2) is 4.68 Å². The van der Waals surface area contributed by atoms with E-state index in [0.717, 1.165) is 23.2 Å². The normalized spacial score (nSPS) is 31.8. The van der Waals surface area contributed by atoms with Crippen molar-refractivity contribution in [3.8, 4) is 0 Å². The Morgan fingerprint density at radius 2 is 1.87 bits per heavy atom. The summed E-state index contributed by atoms with van der Waals surface area (Å²) in [4.78, 5) is 0. The molecule has 0 amide bonds. The van der Waals surface area contributed by atoms with Gasteiger partial charge in [-0.3, -0.25) is 0 Å². The lowest BCUT2D eigenvalue weighted by Gasteiger charge is -2.32. The smallest absolute Gasteiger partial charge is 0.124 e. The van der Waals surface area contributed by atoms with Crippen LogP contribution in [0.15, 0.2) is 6.20 Å². The molecule has 1 saturated carbocycles. The summed E-state index contributed by atoms with van der Waals surface area (Å²) in [5, 5.41) is 4.40. The Kier molecular flexibility index (Phi) is 2.72. The number of nitrogen functional groups attached to an aromatic ring is 1. The van der Waals surface area contributed by atoms with Crippen LogP contribution in [0.1, 0.15) is 44.7 Å². The molecule has 0 aliphatic heterocycles. The quantitative estimate of drug-likeness (QED) is 0.769. The molecule has 2 unspecified atom stereocenters. The van der Waals surface area contributed by atoms with Crippen molar-refractivity contribution in [2.45, 2.75) is 46.1 Å². The van der Waals surface area contributed by atoms with E-state index < -0.39 is 0 Å². The van der Waals surface area contributed by atoms with Crippen LogP contribution in [0.3, 0.4) is 0 Å². The highest BCUT2D eigenvalue weighted by Crippen LogP contribution is 2.36. The van der Waals surface area contributed by atoms with Crippen molar-refractivity contribution in [1.29, 1.82) is 0 Å². The molecule has 1 heterocycles. The van der Waals surface area contributed by atoms with Gasteiger partial charge < -0.3 is 5.73 Å². The summed E-state index contributed by atoms with van der Waals surface area (Å²) in [6.45, 7) is 6.68. The van der Waals surface area contributed by atoms with Gasteiger partial charge in [0.15, 0.2) is 0 Å². The third kappa shape index (κ3) is 2.01. The summed E-state index contributed by atoms with van der Waals surface area (Å²) in [7, 11) is 0. The Bertz CT molecular complexity index is 333. The number of aryl methyl sites for hydroxylation is 1. The fraction of sp³-hybridized carbons (Fsp3) is 0.750. The number of aromatic nitrogens is 2. The molecule has 0 aromatic carbocycles. The Morgan fingerprint density at radius 3 is 2.33 bits per heavy atom. The second kappa shape index (κ2) is 3.87. The minimum atomic E-state index is 0.512. The first kappa shape index (κ1) is 10.5. The molecule has 1 fully saturated rings. The molecule has 2 atom stereocenters. The van der Waals surface area contributed by atoms with E-state index in [4.69, 9.17) is 5.73 Å². The van der Waals surface area contributed by atoms with Gasteiger partial charge in [0.1, 0.15) is 5.82 Å². The number of rotatable bonds is 1. The second-order valence-electron chi connectivity index (χ2n) is 5.23. The molecule has 0 saturated heterocycles. The van der Waals surface area contributed by atoms with Crippen LogP contribution in [0.5, 0.6) is 0 Å². The maximum absolute atomic E-state index is 6.02. The molecular formula is C12H21N3. The summed E-state index contributed by atoms with van der Waals surface area (Å²) in [5.74, 6) is 2.44. The van der Waals surface area contributed by atoms with Crippen molar-refractivity contribution in [2.24, 2.45) is 11.8 Å². The van der Waals surface area contributed by atoms with Gasteiger partial charge in [-0.2, -0.15) is 5.10 Å². The Labute approximate surface area is 91.7 Å². The number of hydrogen-bond acceptors (Lipinski definition) is 2. The molecule has 1 aromatic heterocycles. The third-order valence-corrected chi connectivity index (χ3v) is 3.53. The van der Waals surface area contributed by atoms with Gasteiger partial charge in [-0.05, 0) is 38.0 Å². The molecule has 2 rings (SSSR count). The lowest BCUT2D eigenvalue weighted by Crippen LogP contribution is -2.24. The van der Waals surface area contributed by atoms with Crippen LogP contribution in [0.4, 0.5) is 5.82 Å². The summed E-state index contributed by atoms with van der Waals surface area (Å²) < 4.78 is 2.03. The van der Waals surface area contributed by atoms with E-state index in [-0.39, 0.29) is 0 Å². The first-order chi connectivity index (χ1) is 7.08. The lowest BCUT2D eigenvalue weighted by atomic mass is 9.80. The van der Waals surface area contributed by atoms with Crippen LogP contribution >= 0.6 is 0 Å². The molecule has 2 N–H and O–H groups in total. The van der Waals surface area contributed by atoms with Crippen molar-refractivity contribution >= 4 is 5.82 Å². The van der Waals surface area contributed by atoms with Gasteiger partial charge in [-0.15, -0.1) is 0 Å². The van der Waals surface area contributed by atoms with Crippen LogP contribution < -0.4 is 5.73 Å². The lowest BCUT2D eigenvalue weighted by molar-refractivity contribution is 0.212. The van der Waals surface area contributed by atoms with Gasteiger partial charge >= 0.3 is 0 Å². The van der Waals surface area contributed by atoms with Crippen LogP contribution in [0.25, 0.3) is 0 Å². The number of hydrogen-bond donors (Lipinski definition) is 1. The molecule has 3 heteroatoms. The highest BCUT2D eigenvalue weighted by atomic mass is 15.3. The van der Waals surface area contributed by atoms with Gasteiger partial charge in [-0.1, -0.05) is 13.8 Å². The Balaban J connectivity index is 2.20. The van der Waals surface area contributed by atoms with Crippen molar-refractivity contribution in [3.63, 3.8) is 0 Å². The zero-order valence-electron chi connectivity index (χ0n) is 9.90. The minimum Gasteiger partial charge on any atom is -0.384 e. The molecule has 84 valence electrons. The molecule has 15 heavy (non-hydrogen) atoms. The Hall–Kier alpha value is -0.990. The van der Waals surface area contributed by atoms with Crippen LogP contribution in [-0.2, 0) is 0 Å². The summed E-state index contributed by atoms with van der Waals surface area (Å²) >= 11 is 0. The third-order valence-electron chi connectivity index (χ3n) is 3.53. The standard InChI is InChI=1S/C12H21N3/c1-8-4-9(2)6-11(5-8)15-12(13)10(3)7-14-15/h7-9,11H,4-6,13H2,1-3H3.